The number of carboxylic acids is 1. The number of hydrogen-bond acceptors (Lipinski definition) is 3. The predicted octanol–water partition coefficient (Wildman–Crippen LogP) is 4.67. The lowest BCUT2D eigenvalue weighted by atomic mass is 10.1. The maximum atomic E-state index is 12.1. The Hall–Kier alpha value is -3.08. The minimum Gasteiger partial charge on any atom is -0.490 e. The van der Waals surface area contributed by atoms with Crippen molar-refractivity contribution in [1.82, 2.24) is 0 Å². The molecule has 1 aliphatic rings. The van der Waals surface area contributed by atoms with Gasteiger partial charge in [0.1, 0.15) is 5.75 Å². The summed E-state index contributed by atoms with van der Waals surface area (Å²) in [6.07, 6.45) is 8.08. The number of carboxylic acid groups (broad SMARTS) is 1. The highest BCUT2D eigenvalue weighted by atomic mass is 16.5. The van der Waals surface area contributed by atoms with Crippen LogP contribution in [0.2, 0.25) is 0 Å². The number of hydrogen-bond donors (Lipinski definition) is 2. The number of rotatable bonds is 6. The van der Waals surface area contributed by atoms with E-state index in [2.05, 4.69) is 5.32 Å². The van der Waals surface area contributed by atoms with Crippen LogP contribution in [0.1, 0.15) is 47.2 Å². The molecule has 0 unspecified atom stereocenters. The van der Waals surface area contributed by atoms with Gasteiger partial charge < -0.3 is 15.2 Å². The largest absolute Gasteiger partial charge is 0.490 e. The second-order valence-electron chi connectivity index (χ2n) is 6.72. The third-order valence-corrected chi connectivity index (χ3v) is 4.64. The third-order valence-electron chi connectivity index (χ3n) is 4.64. The first kappa shape index (κ1) is 18.7. The van der Waals surface area contributed by atoms with Gasteiger partial charge in [-0.05, 0) is 74.1 Å². The summed E-state index contributed by atoms with van der Waals surface area (Å²) >= 11 is 0. The number of nitrogens with one attached hydrogen (secondary N) is 1. The molecule has 0 aliphatic heterocycles. The first-order valence-corrected chi connectivity index (χ1v) is 9.11. The van der Waals surface area contributed by atoms with Crippen molar-refractivity contribution in [3.63, 3.8) is 0 Å². The van der Waals surface area contributed by atoms with Gasteiger partial charge in [-0.2, -0.15) is 0 Å². The van der Waals surface area contributed by atoms with Crippen LogP contribution < -0.4 is 10.1 Å². The molecule has 0 atom stereocenters. The quantitative estimate of drug-likeness (QED) is 0.730. The Morgan fingerprint density at radius 3 is 2.59 bits per heavy atom. The molecule has 0 heterocycles. The van der Waals surface area contributed by atoms with Crippen LogP contribution in [0.15, 0.2) is 48.5 Å². The summed E-state index contributed by atoms with van der Waals surface area (Å²) in [6.45, 7) is 1.99. The SMILES string of the molecule is Cc1cc(/C=C/C(=O)Nc2ccccc2C(=O)O)ccc1OC1CCCC1. The van der Waals surface area contributed by atoms with Crippen LogP contribution in [-0.4, -0.2) is 23.1 Å². The smallest absolute Gasteiger partial charge is 0.337 e. The van der Waals surface area contributed by atoms with Gasteiger partial charge in [-0.15, -0.1) is 0 Å². The van der Waals surface area contributed by atoms with Crippen molar-refractivity contribution >= 4 is 23.6 Å². The molecular weight excluding hydrogens is 342 g/mol. The van der Waals surface area contributed by atoms with Crippen LogP contribution >= 0.6 is 0 Å². The second-order valence-corrected chi connectivity index (χ2v) is 6.72. The van der Waals surface area contributed by atoms with Crippen LogP contribution in [-0.2, 0) is 4.79 Å². The molecular formula is C22H23NO4. The van der Waals surface area contributed by atoms with E-state index in [1.54, 1.807) is 24.3 Å². The molecule has 27 heavy (non-hydrogen) atoms. The van der Waals surface area contributed by atoms with E-state index in [1.165, 1.54) is 25.0 Å². The highest BCUT2D eigenvalue weighted by Gasteiger charge is 2.17. The monoisotopic (exact) mass is 365 g/mol. The Labute approximate surface area is 158 Å². The standard InChI is InChI=1S/C22H23NO4/c1-15-14-16(10-12-20(15)27-17-6-2-3-7-17)11-13-21(24)23-19-9-5-4-8-18(19)22(25)26/h4-5,8-14,17H,2-3,6-7H2,1H3,(H,23,24)(H,25,26)/b13-11+. The Kier molecular flexibility index (Phi) is 5.91. The molecule has 0 spiro atoms. The second kappa shape index (κ2) is 8.54. The van der Waals surface area contributed by atoms with E-state index in [-0.39, 0.29) is 17.2 Å². The van der Waals surface area contributed by atoms with Gasteiger partial charge in [-0.3, -0.25) is 4.79 Å². The van der Waals surface area contributed by atoms with Gasteiger partial charge in [0.05, 0.1) is 17.4 Å². The zero-order valence-electron chi connectivity index (χ0n) is 15.3. The number of aromatic carboxylic acids is 1. The fourth-order valence-electron chi connectivity index (χ4n) is 3.22. The molecule has 5 nitrogen and oxygen atoms in total. The minimum atomic E-state index is -1.08. The molecule has 140 valence electrons. The molecule has 2 aromatic rings. The summed E-state index contributed by atoms with van der Waals surface area (Å²) < 4.78 is 6.04. The molecule has 3 rings (SSSR count). The van der Waals surface area contributed by atoms with Gasteiger partial charge in [0.15, 0.2) is 0 Å². The highest BCUT2D eigenvalue weighted by Crippen LogP contribution is 2.27. The lowest BCUT2D eigenvalue weighted by Gasteiger charge is -2.15. The lowest BCUT2D eigenvalue weighted by molar-refractivity contribution is -0.111. The number of aryl methyl sites for hydroxylation is 1. The Balaban J connectivity index is 1.64. The summed E-state index contributed by atoms with van der Waals surface area (Å²) in [7, 11) is 0. The van der Waals surface area contributed by atoms with Crippen molar-refractivity contribution in [3.8, 4) is 5.75 Å². The molecule has 2 N–H and O–H groups in total. The third kappa shape index (κ3) is 4.97. The van der Waals surface area contributed by atoms with Gasteiger partial charge in [0.2, 0.25) is 5.91 Å². The summed E-state index contributed by atoms with van der Waals surface area (Å²) in [5.41, 5.74) is 2.24. The first-order chi connectivity index (χ1) is 13.0. The van der Waals surface area contributed by atoms with E-state index < -0.39 is 5.97 Å². The topological polar surface area (TPSA) is 75.6 Å². The fraction of sp³-hybridized carbons (Fsp3) is 0.273. The van der Waals surface area contributed by atoms with Crippen molar-refractivity contribution in [2.24, 2.45) is 0 Å². The molecule has 5 heteroatoms. The maximum absolute atomic E-state index is 12.1. The summed E-state index contributed by atoms with van der Waals surface area (Å²) in [6, 6.07) is 12.1. The van der Waals surface area contributed by atoms with Crippen molar-refractivity contribution < 1.29 is 19.4 Å². The van der Waals surface area contributed by atoms with Gasteiger partial charge in [-0.25, -0.2) is 4.79 Å². The molecule has 1 saturated carbocycles. The van der Waals surface area contributed by atoms with Crippen molar-refractivity contribution in [1.29, 1.82) is 0 Å². The van der Waals surface area contributed by atoms with Crippen LogP contribution in [0.25, 0.3) is 6.08 Å². The van der Waals surface area contributed by atoms with Crippen LogP contribution in [0.4, 0.5) is 5.69 Å². The Bertz CT molecular complexity index is 866. The lowest BCUT2D eigenvalue weighted by Crippen LogP contribution is -2.12. The number of carbonyl (C=O) groups excluding carboxylic acids is 1. The molecule has 1 aliphatic carbocycles. The fourth-order valence-corrected chi connectivity index (χ4v) is 3.22. The number of ether oxygens (including phenoxy) is 1. The highest BCUT2D eigenvalue weighted by molar-refractivity contribution is 6.06. The molecule has 0 aromatic heterocycles. The number of carbonyl (C=O) groups is 2. The van der Waals surface area contributed by atoms with Crippen LogP contribution in [0, 0.1) is 6.92 Å². The summed E-state index contributed by atoms with van der Waals surface area (Å²) in [5.74, 6) is -0.574. The molecule has 0 saturated heterocycles. The van der Waals surface area contributed by atoms with Gasteiger partial charge in [0, 0.05) is 6.08 Å². The average Bonchev–Trinajstić information content (AvgIpc) is 3.15. The number of benzene rings is 2. The van der Waals surface area contributed by atoms with Crippen LogP contribution in [0.5, 0.6) is 5.75 Å². The van der Waals surface area contributed by atoms with E-state index >= 15 is 0 Å². The average molecular weight is 365 g/mol. The normalized spacial score (nSPS) is 14.4. The van der Waals surface area contributed by atoms with Gasteiger partial charge >= 0.3 is 5.97 Å². The first-order valence-electron chi connectivity index (χ1n) is 9.11. The van der Waals surface area contributed by atoms with E-state index in [0.29, 0.717) is 6.10 Å². The van der Waals surface area contributed by atoms with Crippen LogP contribution in [0.3, 0.4) is 0 Å². The Morgan fingerprint density at radius 2 is 1.89 bits per heavy atom. The van der Waals surface area contributed by atoms with Crippen molar-refractivity contribution in [2.45, 2.75) is 38.7 Å². The number of amides is 1. The van der Waals surface area contributed by atoms with Gasteiger partial charge in [-0.1, -0.05) is 18.2 Å². The number of para-hydroxylation sites is 1. The van der Waals surface area contributed by atoms with E-state index in [1.807, 2.05) is 25.1 Å². The zero-order valence-corrected chi connectivity index (χ0v) is 15.3. The maximum Gasteiger partial charge on any atom is 0.337 e. The van der Waals surface area contributed by atoms with E-state index in [9.17, 15) is 9.59 Å². The van der Waals surface area contributed by atoms with E-state index in [0.717, 1.165) is 29.7 Å². The van der Waals surface area contributed by atoms with Crippen molar-refractivity contribution in [3.05, 3.63) is 65.2 Å². The molecule has 1 amide bonds. The summed E-state index contributed by atoms with van der Waals surface area (Å²) in [5, 5.41) is 11.8. The molecule has 1 fully saturated rings. The molecule has 0 radical (unpaired) electrons. The summed E-state index contributed by atoms with van der Waals surface area (Å²) in [4.78, 5) is 23.3. The van der Waals surface area contributed by atoms with Gasteiger partial charge in [0.25, 0.3) is 0 Å². The minimum absolute atomic E-state index is 0.0588. The number of anilines is 1. The zero-order chi connectivity index (χ0) is 19.2. The Morgan fingerprint density at radius 1 is 1.15 bits per heavy atom. The molecule has 2 aromatic carbocycles. The van der Waals surface area contributed by atoms with E-state index in [4.69, 9.17) is 9.84 Å². The molecule has 0 bridgehead atoms. The van der Waals surface area contributed by atoms with Crippen molar-refractivity contribution in [2.75, 3.05) is 5.32 Å². The predicted molar refractivity (Wildman–Crippen MR) is 105 cm³/mol.